The van der Waals surface area contributed by atoms with E-state index in [1.165, 1.54) is 6.33 Å². The van der Waals surface area contributed by atoms with Gasteiger partial charge in [0.25, 0.3) is 0 Å². The highest BCUT2D eigenvalue weighted by molar-refractivity contribution is 6.33. The molecule has 3 heterocycles. The van der Waals surface area contributed by atoms with E-state index in [1.807, 2.05) is 24.3 Å². The van der Waals surface area contributed by atoms with Crippen LogP contribution in [0.5, 0.6) is 0 Å². The molecule has 0 saturated carbocycles. The van der Waals surface area contributed by atoms with Crippen LogP contribution in [-0.4, -0.2) is 31.5 Å². The van der Waals surface area contributed by atoms with E-state index in [-0.39, 0.29) is 0 Å². The lowest BCUT2D eigenvalue weighted by molar-refractivity contribution is 1.00. The van der Waals surface area contributed by atoms with Gasteiger partial charge in [0.2, 0.25) is 0 Å². The molecule has 0 fully saturated rings. The van der Waals surface area contributed by atoms with Crippen molar-refractivity contribution in [3.8, 4) is 11.3 Å². The fourth-order valence-electron chi connectivity index (χ4n) is 3.68. The first-order valence-electron chi connectivity index (χ1n) is 9.73. The number of fused-ring (bicyclic) bond motifs is 2. The molecule has 148 valence electrons. The minimum Gasteiger partial charge on any atom is -0.368 e. The zero-order valence-corrected chi connectivity index (χ0v) is 17.1. The molecule has 0 unspecified atom stereocenters. The number of pyridine rings is 1. The lowest BCUT2D eigenvalue weighted by atomic mass is 9.99. The topological polar surface area (TPSA) is 79.4 Å². The molecule has 0 spiro atoms. The van der Waals surface area contributed by atoms with Crippen LogP contribution in [0.15, 0.2) is 61.2 Å². The first-order chi connectivity index (χ1) is 14.7. The molecule has 5 rings (SSSR count). The number of aromatic nitrogens is 5. The van der Waals surface area contributed by atoms with Gasteiger partial charge in [0, 0.05) is 22.5 Å². The number of para-hydroxylation sites is 1. The number of hydrogen-bond acceptors (Lipinski definition) is 5. The molecule has 2 N–H and O–H groups in total. The van der Waals surface area contributed by atoms with Crippen LogP contribution < -0.4 is 5.32 Å². The Labute approximate surface area is 178 Å². The van der Waals surface area contributed by atoms with E-state index in [2.05, 4.69) is 56.4 Å². The summed E-state index contributed by atoms with van der Waals surface area (Å²) in [4.78, 5) is 20.8. The first kappa shape index (κ1) is 18.5. The second-order valence-corrected chi connectivity index (χ2v) is 7.53. The lowest BCUT2D eigenvalue weighted by Crippen LogP contribution is -2.09. The maximum absolute atomic E-state index is 6.52. The molecule has 6 nitrogen and oxygen atoms in total. The summed E-state index contributed by atoms with van der Waals surface area (Å²) in [6.07, 6.45) is 3.90. The Morgan fingerprint density at radius 2 is 1.90 bits per heavy atom. The van der Waals surface area contributed by atoms with Gasteiger partial charge < -0.3 is 10.3 Å². The van der Waals surface area contributed by atoms with Crippen molar-refractivity contribution in [2.45, 2.75) is 13.3 Å². The molecule has 3 aromatic heterocycles. The quantitative estimate of drug-likeness (QED) is 0.414. The molecule has 0 aliphatic heterocycles. The van der Waals surface area contributed by atoms with Gasteiger partial charge in [0.05, 0.1) is 17.5 Å². The zero-order chi connectivity index (χ0) is 20.5. The number of aryl methyl sites for hydroxylation is 1. The Balaban J connectivity index is 1.52. The molecule has 7 heteroatoms. The Morgan fingerprint density at radius 1 is 1.00 bits per heavy atom. The van der Waals surface area contributed by atoms with Crippen LogP contribution in [0.25, 0.3) is 33.3 Å². The highest BCUT2D eigenvalue weighted by Gasteiger charge is 2.13. The van der Waals surface area contributed by atoms with Gasteiger partial charge in [-0.25, -0.2) is 19.9 Å². The van der Waals surface area contributed by atoms with Gasteiger partial charge in [0.1, 0.15) is 11.8 Å². The van der Waals surface area contributed by atoms with E-state index in [4.69, 9.17) is 16.6 Å². The number of H-pyrrole nitrogens is 1. The van der Waals surface area contributed by atoms with Gasteiger partial charge in [-0.2, -0.15) is 0 Å². The number of nitrogens with one attached hydrogen (secondary N) is 2. The molecule has 0 bridgehead atoms. The molecule has 0 aliphatic rings. The number of hydrogen-bond donors (Lipinski definition) is 2. The van der Waals surface area contributed by atoms with E-state index in [1.54, 1.807) is 6.33 Å². The smallest absolute Gasteiger partial charge is 0.162 e. The van der Waals surface area contributed by atoms with Crippen molar-refractivity contribution in [3.05, 3.63) is 77.3 Å². The maximum atomic E-state index is 6.52. The first-order valence-corrected chi connectivity index (χ1v) is 10.1. The molecular formula is C23H19ClN6. The fourth-order valence-corrected chi connectivity index (χ4v) is 3.90. The van der Waals surface area contributed by atoms with Gasteiger partial charge in [-0.1, -0.05) is 48.0 Å². The minimum absolute atomic E-state index is 0.676. The number of nitrogens with zero attached hydrogens (tertiary/aromatic N) is 4. The molecule has 5 aromatic rings. The number of halogens is 1. The number of anilines is 1. The molecule has 0 atom stereocenters. The van der Waals surface area contributed by atoms with Gasteiger partial charge in [-0.05, 0) is 36.6 Å². The number of aromatic amines is 1. The van der Waals surface area contributed by atoms with Crippen LogP contribution in [0.3, 0.4) is 0 Å². The van der Waals surface area contributed by atoms with Crippen LogP contribution in [0.4, 0.5) is 5.82 Å². The lowest BCUT2D eigenvalue weighted by Gasteiger charge is -2.14. The van der Waals surface area contributed by atoms with E-state index in [0.717, 1.165) is 45.2 Å². The van der Waals surface area contributed by atoms with Gasteiger partial charge in [-0.3, -0.25) is 0 Å². The zero-order valence-electron chi connectivity index (χ0n) is 16.4. The van der Waals surface area contributed by atoms with Crippen molar-refractivity contribution in [1.29, 1.82) is 0 Å². The summed E-state index contributed by atoms with van der Waals surface area (Å²) in [6.45, 7) is 2.76. The third kappa shape index (κ3) is 3.35. The summed E-state index contributed by atoms with van der Waals surface area (Å²) in [5.74, 6) is 0.713. The van der Waals surface area contributed by atoms with Crippen LogP contribution >= 0.6 is 11.6 Å². The van der Waals surface area contributed by atoms with Crippen LogP contribution in [0, 0.1) is 6.92 Å². The minimum atomic E-state index is 0.676. The Morgan fingerprint density at radius 3 is 2.80 bits per heavy atom. The SMILES string of the molecule is Cc1cccc2cc(CCNc3ncnc4[nH]cnc34)c(-c3ccccc3Cl)nc12. The summed E-state index contributed by atoms with van der Waals surface area (Å²) < 4.78 is 0. The fraction of sp³-hybridized carbons (Fsp3) is 0.130. The van der Waals surface area contributed by atoms with E-state index < -0.39 is 0 Å². The number of imidazole rings is 1. The summed E-state index contributed by atoms with van der Waals surface area (Å²) in [6, 6.07) is 16.3. The molecule has 0 radical (unpaired) electrons. The van der Waals surface area contributed by atoms with Crippen molar-refractivity contribution < 1.29 is 0 Å². The Hall–Kier alpha value is -3.51. The van der Waals surface area contributed by atoms with Gasteiger partial charge in [-0.15, -0.1) is 0 Å². The van der Waals surface area contributed by atoms with Crippen molar-refractivity contribution in [1.82, 2.24) is 24.9 Å². The van der Waals surface area contributed by atoms with Crippen LogP contribution in [0.1, 0.15) is 11.1 Å². The maximum Gasteiger partial charge on any atom is 0.162 e. The van der Waals surface area contributed by atoms with Crippen molar-refractivity contribution in [2.75, 3.05) is 11.9 Å². The second kappa shape index (κ2) is 7.72. The number of rotatable bonds is 5. The van der Waals surface area contributed by atoms with Crippen LogP contribution in [0.2, 0.25) is 5.02 Å². The van der Waals surface area contributed by atoms with Crippen LogP contribution in [-0.2, 0) is 6.42 Å². The highest BCUT2D eigenvalue weighted by atomic mass is 35.5. The largest absolute Gasteiger partial charge is 0.368 e. The number of benzene rings is 2. The molecular weight excluding hydrogens is 396 g/mol. The monoisotopic (exact) mass is 414 g/mol. The predicted molar refractivity (Wildman–Crippen MR) is 121 cm³/mol. The molecule has 0 aliphatic carbocycles. The third-order valence-electron chi connectivity index (χ3n) is 5.16. The normalized spacial score (nSPS) is 11.3. The Kier molecular flexibility index (Phi) is 4.77. The highest BCUT2D eigenvalue weighted by Crippen LogP contribution is 2.32. The molecule has 0 amide bonds. The third-order valence-corrected chi connectivity index (χ3v) is 5.49. The van der Waals surface area contributed by atoms with E-state index in [0.29, 0.717) is 23.0 Å². The van der Waals surface area contributed by atoms with Crippen molar-refractivity contribution in [2.24, 2.45) is 0 Å². The second-order valence-electron chi connectivity index (χ2n) is 7.12. The molecule has 2 aromatic carbocycles. The van der Waals surface area contributed by atoms with Crippen molar-refractivity contribution >= 4 is 39.5 Å². The van der Waals surface area contributed by atoms with Gasteiger partial charge in [0.15, 0.2) is 11.5 Å². The summed E-state index contributed by atoms with van der Waals surface area (Å²) in [7, 11) is 0. The predicted octanol–water partition coefficient (Wildman–Crippen LogP) is 5.18. The standard InChI is InChI=1S/C23H19ClN6/c1-14-5-4-6-15-11-16(20(30-19(14)15)17-7-2-3-8-18(17)24)9-10-25-22-21-23(27-12-26-21)29-13-28-22/h2-8,11-13H,9-10H2,1H3,(H2,25,26,27,28,29). The summed E-state index contributed by atoms with van der Waals surface area (Å²) >= 11 is 6.52. The average Bonchev–Trinajstić information content (AvgIpc) is 3.24. The van der Waals surface area contributed by atoms with Gasteiger partial charge >= 0.3 is 0 Å². The van der Waals surface area contributed by atoms with E-state index in [9.17, 15) is 0 Å². The molecule has 0 saturated heterocycles. The summed E-state index contributed by atoms with van der Waals surface area (Å²) in [5.41, 5.74) is 6.57. The summed E-state index contributed by atoms with van der Waals surface area (Å²) in [5, 5.41) is 5.20. The van der Waals surface area contributed by atoms with E-state index >= 15 is 0 Å². The average molecular weight is 415 g/mol. The Bertz CT molecular complexity index is 1360. The van der Waals surface area contributed by atoms with Crippen molar-refractivity contribution in [3.63, 3.8) is 0 Å². The molecule has 30 heavy (non-hydrogen) atoms.